The van der Waals surface area contributed by atoms with Gasteiger partial charge in [0.05, 0.1) is 0 Å². The predicted molar refractivity (Wildman–Crippen MR) is 67.8 cm³/mol. The van der Waals surface area contributed by atoms with Gasteiger partial charge in [-0.25, -0.2) is 4.72 Å². The standard InChI is InChI=1S/C11H24N2O3S/c1-11(2,3)9-12-17(15,16)13-6-4-10(8-14)5-7-13/h10,12,14H,4-9H2,1-3H3. The van der Waals surface area contributed by atoms with Crippen LogP contribution >= 0.6 is 0 Å². The highest BCUT2D eigenvalue weighted by Crippen LogP contribution is 2.19. The van der Waals surface area contributed by atoms with Crippen molar-refractivity contribution in [2.75, 3.05) is 26.2 Å². The fraction of sp³-hybridized carbons (Fsp3) is 1.00. The molecule has 0 unspecified atom stereocenters. The summed E-state index contributed by atoms with van der Waals surface area (Å²) in [5, 5.41) is 9.01. The molecule has 0 spiro atoms. The third-order valence-electron chi connectivity index (χ3n) is 2.96. The Balaban J connectivity index is 2.49. The molecular formula is C11H24N2O3S. The third-order valence-corrected chi connectivity index (χ3v) is 4.51. The lowest BCUT2D eigenvalue weighted by Gasteiger charge is -2.31. The Bertz CT molecular complexity index is 327. The monoisotopic (exact) mass is 264 g/mol. The van der Waals surface area contributed by atoms with Crippen LogP contribution in [0.4, 0.5) is 0 Å². The van der Waals surface area contributed by atoms with Gasteiger partial charge in [-0.1, -0.05) is 20.8 Å². The Morgan fingerprint density at radius 1 is 1.29 bits per heavy atom. The van der Waals surface area contributed by atoms with Gasteiger partial charge in [-0.2, -0.15) is 12.7 Å². The molecule has 0 atom stereocenters. The molecule has 0 bridgehead atoms. The molecule has 17 heavy (non-hydrogen) atoms. The van der Waals surface area contributed by atoms with E-state index < -0.39 is 10.2 Å². The Labute approximate surface area is 104 Å². The Kier molecular flexibility index (Phi) is 4.95. The van der Waals surface area contributed by atoms with Gasteiger partial charge in [0.15, 0.2) is 0 Å². The van der Waals surface area contributed by atoms with Crippen LogP contribution in [0.3, 0.4) is 0 Å². The van der Waals surface area contributed by atoms with E-state index in [0.29, 0.717) is 19.6 Å². The maximum absolute atomic E-state index is 12.0. The second kappa shape index (κ2) is 5.65. The van der Waals surface area contributed by atoms with Crippen molar-refractivity contribution in [3.63, 3.8) is 0 Å². The van der Waals surface area contributed by atoms with Crippen molar-refractivity contribution in [1.29, 1.82) is 0 Å². The second-order valence-electron chi connectivity index (χ2n) is 5.91. The van der Waals surface area contributed by atoms with Gasteiger partial charge in [0.2, 0.25) is 0 Å². The average Bonchev–Trinajstić information content (AvgIpc) is 2.26. The lowest BCUT2D eigenvalue weighted by atomic mass is 9.98. The van der Waals surface area contributed by atoms with E-state index in [1.54, 1.807) is 0 Å². The van der Waals surface area contributed by atoms with Gasteiger partial charge in [0, 0.05) is 26.2 Å². The summed E-state index contributed by atoms with van der Waals surface area (Å²) in [6.45, 7) is 7.59. The number of hydrogen-bond acceptors (Lipinski definition) is 3. The molecule has 5 nitrogen and oxygen atoms in total. The summed E-state index contributed by atoms with van der Waals surface area (Å²) in [6.07, 6.45) is 1.49. The molecule has 0 radical (unpaired) electrons. The summed E-state index contributed by atoms with van der Waals surface area (Å²) in [5.41, 5.74) is -0.0590. The molecule has 1 heterocycles. The quantitative estimate of drug-likeness (QED) is 0.780. The first-order valence-electron chi connectivity index (χ1n) is 6.10. The normalized spacial score (nSPS) is 20.7. The van der Waals surface area contributed by atoms with E-state index >= 15 is 0 Å². The maximum atomic E-state index is 12.0. The number of nitrogens with zero attached hydrogens (tertiary/aromatic N) is 1. The number of hydrogen-bond donors (Lipinski definition) is 2. The molecule has 102 valence electrons. The fourth-order valence-corrected chi connectivity index (χ4v) is 3.22. The number of piperidine rings is 1. The van der Waals surface area contributed by atoms with E-state index in [1.165, 1.54) is 4.31 Å². The van der Waals surface area contributed by atoms with Gasteiger partial charge in [0.25, 0.3) is 10.2 Å². The van der Waals surface area contributed by atoms with Crippen LogP contribution in [0, 0.1) is 11.3 Å². The minimum absolute atomic E-state index is 0.0590. The molecule has 0 aromatic heterocycles. The summed E-state index contributed by atoms with van der Waals surface area (Å²) in [6, 6.07) is 0. The maximum Gasteiger partial charge on any atom is 0.279 e. The summed E-state index contributed by atoms with van der Waals surface area (Å²) >= 11 is 0. The highest BCUT2D eigenvalue weighted by Gasteiger charge is 2.28. The Hall–Kier alpha value is -0.170. The lowest BCUT2D eigenvalue weighted by molar-refractivity contribution is 0.169. The van der Waals surface area contributed by atoms with Crippen LogP contribution < -0.4 is 4.72 Å². The van der Waals surface area contributed by atoms with Crippen LogP contribution in [0.2, 0.25) is 0 Å². The van der Waals surface area contributed by atoms with Crippen molar-refractivity contribution in [2.45, 2.75) is 33.6 Å². The van der Waals surface area contributed by atoms with Crippen LogP contribution in [0.1, 0.15) is 33.6 Å². The molecule has 0 aromatic carbocycles. The zero-order valence-electron chi connectivity index (χ0n) is 10.9. The smallest absolute Gasteiger partial charge is 0.279 e. The first-order chi connectivity index (χ1) is 7.74. The van der Waals surface area contributed by atoms with E-state index in [1.807, 2.05) is 20.8 Å². The minimum Gasteiger partial charge on any atom is -0.396 e. The van der Waals surface area contributed by atoms with E-state index in [0.717, 1.165) is 12.8 Å². The van der Waals surface area contributed by atoms with Crippen LogP contribution in [-0.2, 0) is 10.2 Å². The van der Waals surface area contributed by atoms with Crippen molar-refractivity contribution >= 4 is 10.2 Å². The minimum atomic E-state index is -3.35. The molecule has 1 rings (SSSR count). The molecule has 2 N–H and O–H groups in total. The van der Waals surface area contributed by atoms with Gasteiger partial charge < -0.3 is 5.11 Å². The highest BCUT2D eigenvalue weighted by molar-refractivity contribution is 7.87. The van der Waals surface area contributed by atoms with Gasteiger partial charge >= 0.3 is 0 Å². The Morgan fingerprint density at radius 2 is 1.82 bits per heavy atom. The van der Waals surface area contributed by atoms with Crippen LogP contribution in [0.25, 0.3) is 0 Å². The molecule has 6 heteroatoms. The largest absolute Gasteiger partial charge is 0.396 e. The van der Waals surface area contributed by atoms with Crippen molar-refractivity contribution in [2.24, 2.45) is 11.3 Å². The molecule has 1 aliphatic heterocycles. The molecule has 0 saturated carbocycles. The second-order valence-corrected chi connectivity index (χ2v) is 7.67. The van der Waals surface area contributed by atoms with Crippen molar-refractivity contribution in [1.82, 2.24) is 9.03 Å². The number of nitrogens with one attached hydrogen (secondary N) is 1. The average molecular weight is 264 g/mol. The molecule has 1 aliphatic rings. The Morgan fingerprint density at radius 3 is 2.24 bits per heavy atom. The predicted octanol–water partition coefficient (Wildman–Crippen LogP) is 0.571. The zero-order valence-corrected chi connectivity index (χ0v) is 11.8. The summed E-state index contributed by atoms with van der Waals surface area (Å²) in [5.74, 6) is 0.254. The highest BCUT2D eigenvalue weighted by atomic mass is 32.2. The van der Waals surface area contributed by atoms with Crippen LogP contribution in [0.15, 0.2) is 0 Å². The van der Waals surface area contributed by atoms with Crippen molar-refractivity contribution in [3.8, 4) is 0 Å². The van der Waals surface area contributed by atoms with Crippen LogP contribution in [-0.4, -0.2) is 44.1 Å². The molecule has 1 fully saturated rings. The zero-order chi connectivity index (χ0) is 13.1. The van der Waals surface area contributed by atoms with Gasteiger partial charge in [0.1, 0.15) is 0 Å². The summed E-state index contributed by atoms with van der Waals surface area (Å²) < 4.78 is 28.1. The number of aliphatic hydroxyl groups excluding tert-OH is 1. The molecule has 0 aliphatic carbocycles. The molecular weight excluding hydrogens is 240 g/mol. The van der Waals surface area contributed by atoms with E-state index in [2.05, 4.69) is 4.72 Å². The van der Waals surface area contributed by atoms with E-state index in [-0.39, 0.29) is 17.9 Å². The van der Waals surface area contributed by atoms with Gasteiger partial charge in [-0.3, -0.25) is 0 Å². The SMILES string of the molecule is CC(C)(C)CNS(=O)(=O)N1CCC(CO)CC1. The number of aliphatic hydroxyl groups is 1. The molecule has 0 amide bonds. The first kappa shape index (κ1) is 14.9. The van der Waals surface area contributed by atoms with E-state index in [4.69, 9.17) is 5.11 Å². The first-order valence-corrected chi connectivity index (χ1v) is 7.54. The third kappa shape index (κ3) is 4.91. The lowest BCUT2D eigenvalue weighted by Crippen LogP contribution is -2.47. The number of rotatable bonds is 4. The topological polar surface area (TPSA) is 69.6 Å². The molecule has 0 aromatic rings. The van der Waals surface area contributed by atoms with Crippen molar-refractivity contribution < 1.29 is 13.5 Å². The van der Waals surface area contributed by atoms with Crippen molar-refractivity contribution in [3.05, 3.63) is 0 Å². The van der Waals surface area contributed by atoms with Crippen LogP contribution in [0.5, 0.6) is 0 Å². The fourth-order valence-electron chi connectivity index (χ4n) is 1.73. The van der Waals surface area contributed by atoms with Gasteiger partial charge in [-0.05, 0) is 24.2 Å². The summed E-state index contributed by atoms with van der Waals surface area (Å²) in [7, 11) is -3.35. The molecule has 1 saturated heterocycles. The summed E-state index contributed by atoms with van der Waals surface area (Å²) in [4.78, 5) is 0. The van der Waals surface area contributed by atoms with E-state index in [9.17, 15) is 8.42 Å². The van der Waals surface area contributed by atoms with Gasteiger partial charge in [-0.15, -0.1) is 0 Å².